The lowest BCUT2D eigenvalue weighted by Gasteiger charge is -2.02. The van der Waals surface area contributed by atoms with E-state index in [9.17, 15) is 13.2 Å². The molecular formula is C12H9ClO4S. The second kappa shape index (κ2) is 4.96. The van der Waals surface area contributed by atoms with Crippen molar-refractivity contribution in [2.75, 3.05) is 0 Å². The number of benzene rings is 1. The number of rotatable bonds is 4. The molecule has 2 aromatic rings. The highest BCUT2D eigenvalue weighted by molar-refractivity contribution is 7.90. The molecule has 0 amide bonds. The van der Waals surface area contributed by atoms with Crippen LogP contribution in [0.4, 0.5) is 0 Å². The van der Waals surface area contributed by atoms with E-state index in [-0.39, 0.29) is 22.2 Å². The van der Waals surface area contributed by atoms with Crippen LogP contribution in [0.25, 0.3) is 0 Å². The first kappa shape index (κ1) is 12.9. The van der Waals surface area contributed by atoms with Gasteiger partial charge in [0.25, 0.3) is 0 Å². The van der Waals surface area contributed by atoms with E-state index in [0.717, 1.165) is 0 Å². The molecule has 1 aromatic heterocycles. The second-order valence-electron chi connectivity index (χ2n) is 3.63. The predicted octanol–water partition coefficient (Wildman–Crippen LogP) is 2.72. The molecule has 0 N–H and O–H groups in total. The SMILES string of the molecule is O=Cc1ccc(CS(=O)(=O)c2ccc(Cl)cc2)o1. The third-order valence-corrected chi connectivity index (χ3v) is 4.21. The summed E-state index contributed by atoms with van der Waals surface area (Å²) in [6.07, 6.45) is 0.526. The molecule has 0 aliphatic heterocycles. The second-order valence-corrected chi connectivity index (χ2v) is 6.06. The summed E-state index contributed by atoms with van der Waals surface area (Å²) in [6.45, 7) is 0. The van der Waals surface area contributed by atoms with Crippen molar-refractivity contribution in [2.24, 2.45) is 0 Å². The molecule has 0 saturated heterocycles. The summed E-state index contributed by atoms with van der Waals surface area (Å²) in [4.78, 5) is 10.6. The largest absolute Gasteiger partial charge is 0.457 e. The summed E-state index contributed by atoms with van der Waals surface area (Å²) >= 11 is 5.69. The Bertz CT molecular complexity index is 656. The van der Waals surface area contributed by atoms with Gasteiger partial charge in [0.2, 0.25) is 0 Å². The van der Waals surface area contributed by atoms with Crippen LogP contribution in [0.5, 0.6) is 0 Å². The Kier molecular flexibility index (Phi) is 3.54. The fourth-order valence-corrected chi connectivity index (χ4v) is 2.82. The van der Waals surface area contributed by atoms with Crippen molar-refractivity contribution in [1.82, 2.24) is 0 Å². The number of aldehydes is 1. The van der Waals surface area contributed by atoms with E-state index in [1.54, 1.807) is 0 Å². The minimum Gasteiger partial charge on any atom is -0.457 e. The van der Waals surface area contributed by atoms with Crippen LogP contribution in [0.15, 0.2) is 45.7 Å². The molecule has 94 valence electrons. The van der Waals surface area contributed by atoms with E-state index >= 15 is 0 Å². The first-order chi connectivity index (χ1) is 8.51. The highest BCUT2D eigenvalue weighted by Gasteiger charge is 2.17. The molecule has 0 atom stereocenters. The quantitative estimate of drug-likeness (QED) is 0.810. The van der Waals surface area contributed by atoms with Crippen molar-refractivity contribution in [2.45, 2.75) is 10.6 Å². The molecular weight excluding hydrogens is 276 g/mol. The fraction of sp³-hybridized carbons (Fsp3) is 0.0833. The number of sulfone groups is 1. The zero-order chi connectivity index (χ0) is 13.2. The number of halogens is 1. The maximum absolute atomic E-state index is 12.0. The Hall–Kier alpha value is -1.59. The van der Waals surface area contributed by atoms with Gasteiger partial charge >= 0.3 is 0 Å². The van der Waals surface area contributed by atoms with E-state index in [2.05, 4.69) is 0 Å². The minimum absolute atomic E-state index is 0.108. The van der Waals surface area contributed by atoms with Crippen LogP contribution < -0.4 is 0 Å². The van der Waals surface area contributed by atoms with E-state index in [1.165, 1.54) is 36.4 Å². The van der Waals surface area contributed by atoms with Crippen molar-refractivity contribution in [3.05, 3.63) is 52.9 Å². The zero-order valence-corrected chi connectivity index (χ0v) is 10.7. The van der Waals surface area contributed by atoms with Gasteiger partial charge < -0.3 is 4.42 Å². The van der Waals surface area contributed by atoms with E-state index in [1.807, 2.05) is 0 Å². The number of carbonyl (C=O) groups excluding carboxylic acids is 1. The van der Waals surface area contributed by atoms with Crippen LogP contribution in [0.3, 0.4) is 0 Å². The standard InChI is InChI=1S/C12H9ClO4S/c13-9-1-5-12(6-2-9)18(15,16)8-11-4-3-10(7-14)17-11/h1-7H,8H2. The number of hydrogen-bond acceptors (Lipinski definition) is 4. The maximum atomic E-state index is 12.0. The molecule has 4 nitrogen and oxygen atoms in total. The summed E-state index contributed by atoms with van der Waals surface area (Å²) in [5, 5.41) is 0.468. The lowest BCUT2D eigenvalue weighted by atomic mass is 10.4. The Morgan fingerprint density at radius 2 is 1.78 bits per heavy atom. The molecule has 1 aromatic carbocycles. The summed E-state index contributed by atoms with van der Waals surface area (Å²) in [7, 11) is -3.49. The fourth-order valence-electron chi connectivity index (χ4n) is 1.45. The monoisotopic (exact) mass is 284 g/mol. The molecule has 0 fully saturated rings. The maximum Gasteiger partial charge on any atom is 0.185 e. The third-order valence-electron chi connectivity index (χ3n) is 2.30. The Labute approximate surface area is 109 Å². The van der Waals surface area contributed by atoms with E-state index < -0.39 is 9.84 Å². The molecule has 0 aliphatic carbocycles. The van der Waals surface area contributed by atoms with Gasteiger partial charge in [-0.3, -0.25) is 4.79 Å². The summed E-state index contributed by atoms with van der Waals surface area (Å²) < 4.78 is 29.1. The molecule has 0 unspecified atom stereocenters. The van der Waals surface area contributed by atoms with Gasteiger partial charge in [-0.1, -0.05) is 11.6 Å². The van der Waals surface area contributed by atoms with Gasteiger partial charge in [-0.25, -0.2) is 8.42 Å². The van der Waals surface area contributed by atoms with Crippen molar-refractivity contribution in [3.8, 4) is 0 Å². The van der Waals surface area contributed by atoms with Crippen LogP contribution in [0.1, 0.15) is 16.3 Å². The lowest BCUT2D eigenvalue weighted by Crippen LogP contribution is -2.04. The van der Waals surface area contributed by atoms with Crippen LogP contribution in [-0.4, -0.2) is 14.7 Å². The average Bonchev–Trinajstić information content (AvgIpc) is 2.76. The van der Waals surface area contributed by atoms with Gasteiger partial charge in [-0.15, -0.1) is 0 Å². The molecule has 0 radical (unpaired) electrons. The van der Waals surface area contributed by atoms with Crippen LogP contribution in [0.2, 0.25) is 5.02 Å². The van der Waals surface area contributed by atoms with Gasteiger partial charge in [0.1, 0.15) is 11.5 Å². The summed E-state index contributed by atoms with van der Waals surface area (Å²) in [6, 6.07) is 8.78. The molecule has 0 spiro atoms. The minimum atomic E-state index is -3.49. The highest BCUT2D eigenvalue weighted by atomic mass is 35.5. The molecule has 0 aliphatic rings. The first-order valence-corrected chi connectivity index (χ1v) is 7.06. The van der Waals surface area contributed by atoms with E-state index in [0.29, 0.717) is 11.3 Å². The normalized spacial score (nSPS) is 11.4. The Balaban J connectivity index is 2.26. The molecule has 2 rings (SSSR count). The smallest absolute Gasteiger partial charge is 0.185 e. The van der Waals surface area contributed by atoms with Crippen LogP contribution >= 0.6 is 11.6 Å². The first-order valence-electron chi connectivity index (χ1n) is 5.03. The molecule has 1 heterocycles. The van der Waals surface area contributed by atoms with Crippen molar-refractivity contribution >= 4 is 27.7 Å². The zero-order valence-electron chi connectivity index (χ0n) is 9.17. The molecule has 6 heteroatoms. The van der Waals surface area contributed by atoms with Crippen LogP contribution in [-0.2, 0) is 15.6 Å². The number of carbonyl (C=O) groups is 1. The van der Waals surface area contributed by atoms with Gasteiger partial charge in [0.15, 0.2) is 21.9 Å². The number of furan rings is 1. The van der Waals surface area contributed by atoms with E-state index in [4.69, 9.17) is 16.0 Å². The Morgan fingerprint density at radius 1 is 1.11 bits per heavy atom. The topological polar surface area (TPSA) is 64.3 Å². The van der Waals surface area contributed by atoms with Gasteiger partial charge in [-0.05, 0) is 36.4 Å². The number of hydrogen-bond donors (Lipinski definition) is 0. The predicted molar refractivity (Wildman–Crippen MR) is 66.4 cm³/mol. The summed E-state index contributed by atoms with van der Waals surface area (Å²) in [5.74, 6) is 0.0472. The molecule has 18 heavy (non-hydrogen) atoms. The molecule has 0 bridgehead atoms. The van der Waals surface area contributed by atoms with Crippen molar-refractivity contribution < 1.29 is 17.6 Å². The van der Waals surface area contributed by atoms with Gasteiger partial charge in [0, 0.05) is 5.02 Å². The molecule has 0 saturated carbocycles. The van der Waals surface area contributed by atoms with Gasteiger partial charge in [0.05, 0.1) is 4.90 Å². The highest BCUT2D eigenvalue weighted by Crippen LogP contribution is 2.19. The third kappa shape index (κ3) is 2.80. The van der Waals surface area contributed by atoms with Gasteiger partial charge in [-0.2, -0.15) is 0 Å². The van der Waals surface area contributed by atoms with Crippen LogP contribution in [0, 0.1) is 0 Å². The average molecular weight is 285 g/mol. The lowest BCUT2D eigenvalue weighted by molar-refractivity contribution is 0.109. The van der Waals surface area contributed by atoms with Crippen molar-refractivity contribution in [3.63, 3.8) is 0 Å². The van der Waals surface area contributed by atoms with Crippen molar-refractivity contribution in [1.29, 1.82) is 0 Å². The summed E-state index contributed by atoms with van der Waals surface area (Å²) in [5.41, 5.74) is 0. The Morgan fingerprint density at radius 3 is 2.33 bits per heavy atom.